The van der Waals surface area contributed by atoms with Gasteiger partial charge in [0.05, 0.1) is 5.69 Å². The van der Waals surface area contributed by atoms with Crippen molar-refractivity contribution < 1.29 is 0 Å². The first-order valence-corrected chi connectivity index (χ1v) is 8.02. The van der Waals surface area contributed by atoms with Crippen molar-refractivity contribution in [3.8, 4) is 5.69 Å². The summed E-state index contributed by atoms with van der Waals surface area (Å²) in [7, 11) is 0. The van der Waals surface area contributed by atoms with Gasteiger partial charge in [0.1, 0.15) is 5.82 Å². The molecule has 2 aromatic rings. The zero-order valence-corrected chi connectivity index (χ0v) is 13.2. The molecular formula is C17H23N5O. The first kappa shape index (κ1) is 15.7. The van der Waals surface area contributed by atoms with Crippen molar-refractivity contribution >= 4 is 5.82 Å². The zero-order valence-electron chi connectivity index (χ0n) is 13.2. The maximum Gasteiger partial charge on any atom is 0.354 e. The van der Waals surface area contributed by atoms with Gasteiger partial charge in [-0.2, -0.15) is 4.98 Å². The van der Waals surface area contributed by atoms with Crippen molar-refractivity contribution in [2.45, 2.75) is 12.8 Å². The summed E-state index contributed by atoms with van der Waals surface area (Å²) < 4.78 is 1.49. The quantitative estimate of drug-likeness (QED) is 0.845. The van der Waals surface area contributed by atoms with E-state index >= 15 is 0 Å². The van der Waals surface area contributed by atoms with Crippen LogP contribution in [0.4, 0.5) is 5.82 Å². The Morgan fingerprint density at radius 3 is 2.65 bits per heavy atom. The minimum absolute atomic E-state index is 0.240. The average molecular weight is 313 g/mol. The Bertz CT molecular complexity index is 710. The van der Waals surface area contributed by atoms with Gasteiger partial charge in [0.15, 0.2) is 0 Å². The van der Waals surface area contributed by atoms with Gasteiger partial charge in [-0.05, 0) is 55.6 Å². The molecule has 2 heterocycles. The lowest BCUT2D eigenvalue weighted by Crippen LogP contribution is -2.25. The van der Waals surface area contributed by atoms with Crippen LogP contribution >= 0.6 is 0 Å². The van der Waals surface area contributed by atoms with E-state index in [-0.39, 0.29) is 11.5 Å². The molecule has 0 saturated carbocycles. The monoisotopic (exact) mass is 313 g/mol. The van der Waals surface area contributed by atoms with E-state index in [0.717, 1.165) is 38.3 Å². The molecule has 1 atom stereocenters. The van der Waals surface area contributed by atoms with E-state index in [2.05, 4.69) is 22.0 Å². The Morgan fingerprint density at radius 1 is 1.22 bits per heavy atom. The number of nitrogen functional groups attached to an aromatic ring is 1. The predicted octanol–water partition coefficient (Wildman–Crippen LogP) is 0.638. The Labute approximate surface area is 135 Å². The molecule has 0 unspecified atom stereocenters. The van der Waals surface area contributed by atoms with Gasteiger partial charge in [0.2, 0.25) is 0 Å². The summed E-state index contributed by atoms with van der Waals surface area (Å²) in [4.78, 5) is 18.1. The number of hydrogen-bond donors (Lipinski definition) is 2. The SMILES string of the molecule is NC[C@@H]1CCN(CCc2ccc(-n3ccc(N)nc3=O)cc2)C1. The van der Waals surface area contributed by atoms with Gasteiger partial charge in [-0.1, -0.05) is 12.1 Å². The number of aromatic nitrogens is 2. The Kier molecular flexibility index (Phi) is 4.73. The second kappa shape index (κ2) is 6.93. The van der Waals surface area contributed by atoms with Crippen LogP contribution in [-0.4, -0.2) is 40.6 Å². The van der Waals surface area contributed by atoms with Crippen LogP contribution in [0.3, 0.4) is 0 Å². The van der Waals surface area contributed by atoms with E-state index in [1.807, 2.05) is 12.1 Å². The number of hydrogen-bond acceptors (Lipinski definition) is 5. The molecule has 0 radical (unpaired) electrons. The number of anilines is 1. The molecule has 0 bridgehead atoms. The van der Waals surface area contributed by atoms with E-state index in [9.17, 15) is 4.79 Å². The number of likely N-dealkylation sites (tertiary alicyclic amines) is 1. The Hall–Kier alpha value is -2.18. The highest BCUT2D eigenvalue weighted by atomic mass is 16.1. The van der Waals surface area contributed by atoms with Crippen molar-refractivity contribution in [1.82, 2.24) is 14.5 Å². The summed E-state index contributed by atoms with van der Waals surface area (Å²) in [5.41, 5.74) is 12.9. The molecule has 6 heteroatoms. The summed E-state index contributed by atoms with van der Waals surface area (Å²) in [6.07, 6.45) is 3.87. The molecule has 6 nitrogen and oxygen atoms in total. The summed E-state index contributed by atoms with van der Waals surface area (Å²) in [6.45, 7) is 4.10. The van der Waals surface area contributed by atoms with Gasteiger partial charge in [0, 0.05) is 19.3 Å². The molecule has 0 aliphatic carbocycles. The van der Waals surface area contributed by atoms with Crippen LogP contribution in [-0.2, 0) is 6.42 Å². The highest BCUT2D eigenvalue weighted by molar-refractivity contribution is 5.36. The maximum absolute atomic E-state index is 11.8. The van der Waals surface area contributed by atoms with E-state index in [4.69, 9.17) is 11.5 Å². The Morgan fingerprint density at radius 2 is 2.00 bits per heavy atom. The van der Waals surface area contributed by atoms with Crippen LogP contribution in [0.15, 0.2) is 41.3 Å². The van der Waals surface area contributed by atoms with Gasteiger partial charge in [-0.15, -0.1) is 0 Å². The third kappa shape index (κ3) is 3.78. The summed E-state index contributed by atoms with van der Waals surface area (Å²) in [6, 6.07) is 9.64. The molecule has 3 rings (SSSR count). The molecule has 4 N–H and O–H groups in total. The fraction of sp³-hybridized carbons (Fsp3) is 0.412. The highest BCUT2D eigenvalue weighted by Gasteiger charge is 2.20. The molecule has 1 aliphatic rings. The van der Waals surface area contributed by atoms with E-state index in [0.29, 0.717) is 5.92 Å². The third-order valence-corrected chi connectivity index (χ3v) is 4.46. The van der Waals surface area contributed by atoms with Gasteiger partial charge < -0.3 is 16.4 Å². The van der Waals surface area contributed by atoms with Crippen LogP contribution in [0.1, 0.15) is 12.0 Å². The third-order valence-electron chi connectivity index (χ3n) is 4.46. The van der Waals surface area contributed by atoms with Crippen molar-refractivity contribution in [2.24, 2.45) is 11.7 Å². The van der Waals surface area contributed by atoms with Gasteiger partial charge in [0.25, 0.3) is 0 Å². The Balaban J connectivity index is 1.62. The normalized spacial score (nSPS) is 18.4. The molecule has 1 aromatic heterocycles. The first-order valence-electron chi connectivity index (χ1n) is 8.02. The largest absolute Gasteiger partial charge is 0.383 e. The predicted molar refractivity (Wildman–Crippen MR) is 91.6 cm³/mol. The lowest BCUT2D eigenvalue weighted by molar-refractivity contribution is 0.329. The number of nitrogens with zero attached hydrogens (tertiary/aromatic N) is 3. The standard InChI is InChI=1S/C17H23N5O/c18-11-14-6-9-21(12-14)8-5-13-1-3-15(4-2-13)22-10-7-16(19)20-17(22)23/h1-4,7,10,14H,5-6,8-9,11-12,18H2,(H2,19,20,23)/t14-/m0/s1. The smallest absolute Gasteiger partial charge is 0.354 e. The average Bonchev–Trinajstić information content (AvgIpc) is 3.02. The van der Waals surface area contributed by atoms with Crippen molar-refractivity contribution in [3.63, 3.8) is 0 Å². The molecule has 23 heavy (non-hydrogen) atoms. The second-order valence-electron chi connectivity index (χ2n) is 6.11. The van der Waals surface area contributed by atoms with Crippen LogP contribution in [0.5, 0.6) is 0 Å². The molecule has 1 aliphatic heterocycles. The minimum atomic E-state index is -0.359. The molecule has 122 valence electrons. The van der Waals surface area contributed by atoms with Crippen molar-refractivity contribution in [2.75, 3.05) is 31.9 Å². The van der Waals surface area contributed by atoms with Crippen LogP contribution in [0, 0.1) is 5.92 Å². The highest BCUT2D eigenvalue weighted by Crippen LogP contribution is 2.16. The van der Waals surface area contributed by atoms with Gasteiger partial charge >= 0.3 is 5.69 Å². The lowest BCUT2D eigenvalue weighted by Gasteiger charge is -2.15. The van der Waals surface area contributed by atoms with Crippen LogP contribution < -0.4 is 17.2 Å². The number of nitrogens with two attached hydrogens (primary N) is 2. The van der Waals surface area contributed by atoms with E-state index in [1.165, 1.54) is 16.6 Å². The van der Waals surface area contributed by atoms with Crippen LogP contribution in [0.2, 0.25) is 0 Å². The molecule has 1 aromatic carbocycles. The second-order valence-corrected chi connectivity index (χ2v) is 6.11. The molecule has 0 amide bonds. The van der Waals surface area contributed by atoms with Crippen molar-refractivity contribution in [1.29, 1.82) is 0 Å². The first-order chi connectivity index (χ1) is 11.2. The molecule has 0 spiro atoms. The maximum atomic E-state index is 11.8. The fourth-order valence-corrected chi connectivity index (χ4v) is 3.03. The van der Waals surface area contributed by atoms with E-state index in [1.54, 1.807) is 12.3 Å². The van der Waals surface area contributed by atoms with Gasteiger partial charge in [-0.25, -0.2) is 4.79 Å². The zero-order chi connectivity index (χ0) is 16.2. The topological polar surface area (TPSA) is 90.2 Å². The summed E-state index contributed by atoms with van der Waals surface area (Å²) >= 11 is 0. The molecule has 1 saturated heterocycles. The molecule has 1 fully saturated rings. The summed E-state index contributed by atoms with van der Waals surface area (Å²) in [5, 5.41) is 0. The summed E-state index contributed by atoms with van der Waals surface area (Å²) in [5.74, 6) is 0.895. The fourth-order valence-electron chi connectivity index (χ4n) is 3.03. The number of benzene rings is 1. The minimum Gasteiger partial charge on any atom is -0.383 e. The molecular weight excluding hydrogens is 290 g/mol. The van der Waals surface area contributed by atoms with Crippen LogP contribution in [0.25, 0.3) is 5.69 Å². The van der Waals surface area contributed by atoms with Gasteiger partial charge in [-0.3, -0.25) is 4.57 Å². The van der Waals surface area contributed by atoms with Crippen molar-refractivity contribution in [3.05, 3.63) is 52.6 Å². The lowest BCUT2D eigenvalue weighted by atomic mass is 10.1. The van der Waals surface area contributed by atoms with E-state index < -0.39 is 0 Å². The number of rotatable bonds is 5.